The molecule has 0 aliphatic heterocycles. The van der Waals surface area contributed by atoms with Crippen molar-refractivity contribution in [3.05, 3.63) is 0 Å². The third kappa shape index (κ3) is 11.7. The first-order valence-corrected chi connectivity index (χ1v) is 11.6. The Bertz CT molecular complexity index is 220. The van der Waals surface area contributed by atoms with E-state index in [1.165, 1.54) is 70.6 Å². The molecule has 0 aromatic heterocycles. The van der Waals surface area contributed by atoms with E-state index in [-0.39, 0.29) is 0 Å². The Kier molecular flexibility index (Phi) is 14.9. The monoisotopic (exact) mass is 327 g/mol. The summed E-state index contributed by atoms with van der Waals surface area (Å²) >= 11 is 0. The van der Waals surface area contributed by atoms with Gasteiger partial charge < -0.3 is 4.43 Å². The van der Waals surface area contributed by atoms with Gasteiger partial charge in [-0.05, 0) is 23.9 Å². The highest BCUT2D eigenvalue weighted by Gasteiger charge is 2.25. The maximum Gasteiger partial charge on any atom is 0.217 e. The molecule has 1 atom stereocenters. The molecule has 0 spiro atoms. The molecule has 0 aliphatic rings. The average Bonchev–Trinajstić information content (AvgIpc) is 2.47. The highest BCUT2D eigenvalue weighted by atomic mass is 28.3. The zero-order valence-corrected chi connectivity index (χ0v) is 17.4. The lowest BCUT2D eigenvalue weighted by Gasteiger charge is -2.28. The van der Waals surface area contributed by atoms with Crippen LogP contribution in [0.4, 0.5) is 0 Å². The minimum Gasteiger partial charge on any atom is -0.413 e. The molecule has 0 aromatic carbocycles. The van der Waals surface area contributed by atoms with Crippen molar-refractivity contribution in [2.75, 3.05) is 0 Å². The molecule has 0 saturated heterocycles. The van der Waals surface area contributed by atoms with E-state index in [1.807, 2.05) is 0 Å². The highest BCUT2D eigenvalue weighted by Crippen LogP contribution is 2.24. The molecule has 133 valence electrons. The molecule has 0 bridgehead atoms. The van der Waals surface area contributed by atoms with Crippen molar-refractivity contribution in [1.82, 2.24) is 0 Å². The SMILES string of the molecule is CCCCCCCCCCCC(CC)O[Si](C(C)C)C(C)C. The van der Waals surface area contributed by atoms with Gasteiger partial charge in [-0.15, -0.1) is 0 Å². The van der Waals surface area contributed by atoms with Crippen LogP contribution < -0.4 is 0 Å². The first kappa shape index (κ1) is 22.2. The Morgan fingerprint density at radius 2 is 1.14 bits per heavy atom. The summed E-state index contributed by atoms with van der Waals surface area (Å²) in [7, 11) is -0.649. The van der Waals surface area contributed by atoms with E-state index in [4.69, 9.17) is 4.43 Å². The standard InChI is InChI=1S/C20H43OSi/c1-7-9-10-11-12-13-14-15-16-17-20(8-2)21-22(18(3)4)19(5)6/h18-20H,7-17H2,1-6H3. The van der Waals surface area contributed by atoms with Crippen LogP contribution in [-0.4, -0.2) is 15.1 Å². The van der Waals surface area contributed by atoms with Crippen molar-refractivity contribution < 1.29 is 4.43 Å². The normalized spacial score (nSPS) is 13.5. The summed E-state index contributed by atoms with van der Waals surface area (Å²) < 4.78 is 6.50. The van der Waals surface area contributed by atoms with E-state index in [2.05, 4.69) is 41.5 Å². The summed E-state index contributed by atoms with van der Waals surface area (Å²) in [5.41, 5.74) is 1.45. The van der Waals surface area contributed by atoms with E-state index in [0.29, 0.717) is 6.10 Å². The third-order valence-electron chi connectivity index (χ3n) is 4.53. The molecule has 1 nitrogen and oxygen atoms in total. The quantitative estimate of drug-likeness (QED) is 0.223. The van der Waals surface area contributed by atoms with Gasteiger partial charge in [-0.1, -0.05) is 99.3 Å². The highest BCUT2D eigenvalue weighted by molar-refractivity contribution is 6.55. The maximum atomic E-state index is 6.50. The van der Waals surface area contributed by atoms with Crippen molar-refractivity contribution in [3.63, 3.8) is 0 Å². The van der Waals surface area contributed by atoms with Crippen LogP contribution in [-0.2, 0) is 4.43 Å². The molecule has 0 heterocycles. The largest absolute Gasteiger partial charge is 0.413 e. The number of hydrogen-bond acceptors (Lipinski definition) is 1. The number of unbranched alkanes of at least 4 members (excludes halogenated alkanes) is 8. The Balaban J connectivity index is 3.69. The molecular weight excluding hydrogens is 284 g/mol. The van der Waals surface area contributed by atoms with Crippen LogP contribution in [0.5, 0.6) is 0 Å². The molecule has 0 aliphatic carbocycles. The topological polar surface area (TPSA) is 9.23 Å². The van der Waals surface area contributed by atoms with E-state index in [1.54, 1.807) is 0 Å². The Labute approximate surface area is 143 Å². The first-order chi connectivity index (χ1) is 10.5. The van der Waals surface area contributed by atoms with Crippen LogP contribution in [0, 0.1) is 0 Å². The van der Waals surface area contributed by atoms with Gasteiger partial charge in [0.25, 0.3) is 0 Å². The second-order valence-corrected chi connectivity index (χ2v) is 10.8. The van der Waals surface area contributed by atoms with Crippen LogP contribution in [0.15, 0.2) is 0 Å². The van der Waals surface area contributed by atoms with Gasteiger partial charge in [-0.25, -0.2) is 0 Å². The van der Waals surface area contributed by atoms with Crippen molar-refractivity contribution in [2.45, 2.75) is 129 Å². The number of rotatable bonds is 15. The van der Waals surface area contributed by atoms with E-state index < -0.39 is 9.04 Å². The van der Waals surface area contributed by atoms with Gasteiger partial charge in [0.15, 0.2) is 0 Å². The molecule has 1 radical (unpaired) electrons. The van der Waals surface area contributed by atoms with Gasteiger partial charge in [0.2, 0.25) is 9.04 Å². The van der Waals surface area contributed by atoms with Crippen molar-refractivity contribution in [3.8, 4) is 0 Å². The van der Waals surface area contributed by atoms with Crippen molar-refractivity contribution >= 4 is 9.04 Å². The number of hydrogen-bond donors (Lipinski definition) is 0. The summed E-state index contributed by atoms with van der Waals surface area (Å²) in [5.74, 6) is 0. The smallest absolute Gasteiger partial charge is 0.217 e. The van der Waals surface area contributed by atoms with Gasteiger partial charge in [-0.3, -0.25) is 0 Å². The molecule has 1 unspecified atom stereocenters. The maximum absolute atomic E-state index is 6.50. The van der Waals surface area contributed by atoms with Crippen LogP contribution in [0.25, 0.3) is 0 Å². The lowest BCUT2D eigenvalue weighted by Crippen LogP contribution is -2.31. The molecule has 0 aromatic rings. The predicted molar refractivity (Wildman–Crippen MR) is 103 cm³/mol. The molecule has 2 heteroatoms. The molecule has 0 saturated carbocycles. The second-order valence-electron chi connectivity index (χ2n) is 7.48. The minimum absolute atomic E-state index is 0.517. The summed E-state index contributed by atoms with van der Waals surface area (Å²) in [6, 6.07) is 0. The summed E-state index contributed by atoms with van der Waals surface area (Å²) in [6.07, 6.45) is 15.7. The average molecular weight is 328 g/mol. The predicted octanol–water partition coefficient (Wildman–Crippen LogP) is 7.51. The second kappa shape index (κ2) is 14.7. The van der Waals surface area contributed by atoms with Crippen LogP contribution in [0.3, 0.4) is 0 Å². The fourth-order valence-corrected chi connectivity index (χ4v) is 5.71. The molecule has 22 heavy (non-hydrogen) atoms. The first-order valence-electron chi connectivity index (χ1n) is 10.1. The summed E-state index contributed by atoms with van der Waals surface area (Å²) in [4.78, 5) is 0. The van der Waals surface area contributed by atoms with E-state index >= 15 is 0 Å². The molecule has 0 rings (SSSR count). The fraction of sp³-hybridized carbons (Fsp3) is 1.00. The van der Waals surface area contributed by atoms with Gasteiger partial charge in [0.1, 0.15) is 0 Å². The van der Waals surface area contributed by atoms with Gasteiger partial charge >= 0.3 is 0 Å². The fourth-order valence-electron chi connectivity index (χ4n) is 3.16. The van der Waals surface area contributed by atoms with Crippen LogP contribution in [0.2, 0.25) is 11.1 Å². The van der Waals surface area contributed by atoms with Crippen molar-refractivity contribution in [2.24, 2.45) is 0 Å². The van der Waals surface area contributed by atoms with Gasteiger partial charge in [0.05, 0.1) is 0 Å². The van der Waals surface area contributed by atoms with E-state index in [0.717, 1.165) is 11.1 Å². The molecule has 0 fully saturated rings. The zero-order chi connectivity index (χ0) is 16.8. The minimum atomic E-state index is -0.649. The summed E-state index contributed by atoms with van der Waals surface area (Å²) in [5, 5.41) is 0. The third-order valence-corrected chi connectivity index (χ3v) is 7.41. The Morgan fingerprint density at radius 3 is 1.55 bits per heavy atom. The van der Waals surface area contributed by atoms with Crippen molar-refractivity contribution in [1.29, 1.82) is 0 Å². The van der Waals surface area contributed by atoms with Gasteiger partial charge in [0, 0.05) is 6.10 Å². The molecular formula is C20H43OSi. The lowest BCUT2D eigenvalue weighted by molar-refractivity contribution is 0.174. The van der Waals surface area contributed by atoms with Crippen LogP contribution >= 0.6 is 0 Å². The molecule has 0 amide bonds. The Morgan fingerprint density at radius 1 is 0.682 bits per heavy atom. The Hall–Kier alpha value is 0.177. The zero-order valence-electron chi connectivity index (χ0n) is 16.4. The molecule has 0 N–H and O–H groups in total. The lowest BCUT2D eigenvalue weighted by atomic mass is 10.0. The van der Waals surface area contributed by atoms with E-state index in [9.17, 15) is 0 Å². The van der Waals surface area contributed by atoms with Crippen LogP contribution in [0.1, 0.15) is 112 Å². The summed E-state index contributed by atoms with van der Waals surface area (Å²) in [6.45, 7) is 13.9. The van der Waals surface area contributed by atoms with Gasteiger partial charge in [-0.2, -0.15) is 0 Å².